The molecule has 0 saturated heterocycles. The number of halogens is 1. The molecule has 23 heavy (non-hydrogen) atoms. The van der Waals surface area contributed by atoms with Crippen LogP contribution in [-0.2, 0) is 4.79 Å². The third-order valence-electron chi connectivity index (χ3n) is 3.68. The number of hydrogen-bond acceptors (Lipinski definition) is 4. The number of hydrogen-bond donors (Lipinski definition) is 4. The Morgan fingerprint density at radius 1 is 1.22 bits per heavy atom. The molecule has 2 aromatic carbocycles. The molecule has 3 rings (SSSR count). The maximum absolute atomic E-state index is 11.9. The zero-order valence-corrected chi connectivity index (χ0v) is 12.7. The first kappa shape index (κ1) is 15.3. The number of carbonyl (C=O) groups excluding carboxylic acids is 2. The van der Waals surface area contributed by atoms with Gasteiger partial charge in [-0.2, -0.15) is 0 Å². The second-order valence-corrected chi connectivity index (χ2v) is 5.67. The summed E-state index contributed by atoms with van der Waals surface area (Å²) in [6, 6.07) is 10.8. The number of amides is 2. The number of anilines is 2. The van der Waals surface area contributed by atoms with E-state index in [1.807, 2.05) is 0 Å². The Hall–Kier alpha value is -2.57. The van der Waals surface area contributed by atoms with Crippen LogP contribution in [0.4, 0.5) is 11.4 Å². The minimum Gasteiger partial charge on any atom is -0.381 e. The van der Waals surface area contributed by atoms with Gasteiger partial charge in [0.1, 0.15) is 0 Å². The summed E-state index contributed by atoms with van der Waals surface area (Å²) < 4.78 is 0. The number of primary amides is 1. The highest BCUT2D eigenvalue weighted by Gasteiger charge is 2.34. The van der Waals surface area contributed by atoms with E-state index in [1.54, 1.807) is 42.5 Å². The minimum absolute atomic E-state index is 0.376. The van der Waals surface area contributed by atoms with E-state index in [2.05, 4.69) is 10.6 Å². The summed E-state index contributed by atoms with van der Waals surface area (Å²) >= 11 is 6.01. The van der Waals surface area contributed by atoms with Crippen molar-refractivity contribution in [2.45, 2.75) is 12.1 Å². The number of benzene rings is 2. The van der Waals surface area contributed by atoms with Gasteiger partial charge in [0.15, 0.2) is 6.10 Å². The normalized spacial score (nSPS) is 19.7. The number of nitrogens with one attached hydrogen (secondary N) is 2. The minimum atomic E-state index is -1.27. The molecule has 7 heteroatoms. The number of nitrogens with two attached hydrogens (primary N) is 1. The molecule has 2 amide bonds. The van der Waals surface area contributed by atoms with Gasteiger partial charge in [0.25, 0.3) is 5.91 Å². The van der Waals surface area contributed by atoms with Crippen LogP contribution in [0.25, 0.3) is 0 Å². The fourth-order valence-electron chi connectivity index (χ4n) is 2.50. The molecule has 0 fully saturated rings. The van der Waals surface area contributed by atoms with Gasteiger partial charge >= 0.3 is 0 Å². The lowest BCUT2D eigenvalue weighted by Crippen LogP contribution is -2.41. The van der Waals surface area contributed by atoms with Crippen LogP contribution >= 0.6 is 11.6 Å². The molecule has 118 valence electrons. The van der Waals surface area contributed by atoms with Crippen molar-refractivity contribution in [3.8, 4) is 0 Å². The third-order valence-corrected chi connectivity index (χ3v) is 3.92. The molecular formula is C16H14ClN3O3. The average Bonchev–Trinajstić information content (AvgIpc) is 2.53. The van der Waals surface area contributed by atoms with E-state index >= 15 is 0 Å². The van der Waals surface area contributed by atoms with E-state index in [-0.39, 0.29) is 0 Å². The zero-order valence-electron chi connectivity index (χ0n) is 11.9. The summed E-state index contributed by atoms with van der Waals surface area (Å²) in [7, 11) is 0. The summed E-state index contributed by atoms with van der Waals surface area (Å²) in [5.74, 6) is -1.02. The van der Waals surface area contributed by atoms with E-state index in [0.29, 0.717) is 27.5 Å². The molecule has 0 bridgehead atoms. The lowest BCUT2D eigenvalue weighted by Gasteiger charge is -2.31. The van der Waals surface area contributed by atoms with Crippen LogP contribution in [0.1, 0.15) is 22.0 Å². The zero-order chi connectivity index (χ0) is 16.6. The molecule has 1 aliphatic heterocycles. The Labute approximate surface area is 137 Å². The van der Waals surface area contributed by atoms with Crippen molar-refractivity contribution in [2.24, 2.45) is 5.73 Å². The van der Waals surface area contributed by atoms with Gasteiger partial charge in [-0.25, -0.2) is 0 Å². The van der Waals surface area contributed by atoms with Gasteiger partial charge < -0.3 is 21.5 Å². The number of aliphatic hydroxyl groups is 1. The lowest BCUT2D eigenvalue weighted by molar-refractivity contribution is -0.125. The number of carbonyl (C=O) groups is 2. The molecule has 0 aromatic heterocycles. The molecule has 0 aliphatic carbocycles. The Morgan fingerprint density at radius 2 is 1.91 bits per heavy atom. The van der Waals surface area contributed by atoms with Crippen molar-refractivity contribution in [1.29, 1.82) is 0 Å². The summed E-state index contributed by atoms with van der Waals surface area (Å²) in [4.78, 5) is 23.0. The smallest absolute Gasteiger partial charge is 0.255 e. The van der Waals surface area contributed by atoms with Crippen LogP contribution in [0.5, 0.6) is 0 Å². The van der Waals surface area contributed by atoms with Gasteiger partial charge in [0.05, 0.1) is 6.04 Å². The molecule has 1 aliphatic rings. The van der Waals surface area contributed by atoms with Gasteiger partial charge in [-0.1, -0.05) is 11.6 Å². The Bertz CT molecular complexity index is 777. The molecule has 2 aromatic rings. The van der Waals surface area contributed by atoms with E-state index in [1.165, 1.54) is 0 Å². The fourth-order valence-corrected chi connectivity index (χ4v) is 2.68. The quantitative estimate of drug-likeness (QED) is 0.689. The third kappa shape index (κ3) is 2.99. The second kappa shape index (κ2) is 5.91. The first-order valence-electron chi connectivity index (χ1n) is 6.90. The van der Waals surface area contributed by atoms with E-state index in [9.17, 15) is 14.7 Å². The van der Waals surface area contributed by atoms with Gasteiger partial charge in [0.2, 0.25) is 5.91 Å². The lowest BCUT2D eigenvalue weighted by atomic mass is 9.94. The monoisotopic (exact) mass is 331 g/mol. The molecule has 0 unspecified atom stereocenters. The van der Waals surface area contributed by atoms with E-state index < -0.39 is 24.0 Å². The number of rotatable bonds is 3. The first-order valence-corrected chi connectivity index (χ1v) is 7.28. The molecule has 6 nitrogen and oxygen atoms in total. The SMILES string of the molecule is NC(=O)c1ccc(N[C@H]2c3cc(Cl)ccc3NC(=O)[C@@H]2O)cc1. The van der Waals surface area contributed by atoms with Crippen LogP contribution < -0.4 is 16.4 Å². The van der Waals surface area contributed by atoms with Gasteiger partial charge in [-0.15, -0.1) is 0 Å². The van der Waals surface area contributed by atoms with Crippen molar-refractivity contribution in [3.05, 3.63) is 58.6 Å². The molecule has 0 saturated carbocycles. The number of fused-ring (bicyclic) bond motifs is 1. The molecule has 0 spiro atoms. The van der Waals surface area contributed by atoms with Crippen molar-refractivity contribution >= 4 is 34.8 Å². The van der Waals surface area contributed by atoms with E-state index in [0.717, 1.165) is 0 Å². The predicted molar refractivity (Wildman–Crippen MR) is 87.4 cm³/mol. The molecule has 2 atom stereocenters. The Kier molecular flexibility index (Phi) is 3.94. The molecule has 5 N–H and O–H groups in total. The average molecular weight is 332 g/mol. The fraction of sp³-hybridized carbons (Fsp3) is 0.125. The molecule has 0 radical (unpaired) electrons. The van der Waals surface area contributed by atoms with Crippen molar-refractivity contribution in [3.63, 3.8) is 0 Å². The first-order chi connectivity index (χ1) is 11.0. The highest BCUT2D eigenvalue weighted by atomic mass is 35.5. The predicted octanol–water partition coefficient (Wildman–Crippen LogP) is 1.91. The molecule has 1 heterocycles. The van der Waals surface area contributed by atoms with E-state index in [4.69, 9.17) is 17.3 Å². The van der Waals surface area contributed by atoms with Gasteiger partial charge in [-0.3, -0.25) is 9.59 Å². The van der Waals surface area contributed by atoms with Gasteiger partial charge in [-0.05, 0) is 42.5 Å². The second-order valence-electron chi connectivity index (χ2n) is 5.23. The Balaban J connectivity index is 1.93. The maximum atomic E-state index is 11.9. The largest absolute Gasteiger partial charge is 0.381 e. The van der Waals surface area contributed by atoms with Crippen molar-refractivity contribution < 1.29 is 14.7 Å². The van der Waals surface area contributed by atoms with Crippen LogP contribution in [0.2, 0.25) is 5.02 Å². The number of aliphatic hydroxyl groups excluding tert-OH is 1. The van der Waals surface area contributed by atoms with Crippen LogP contribution in [-0.4, -0.2) is 23.0 Å². The highest BCUT2D eigenvalue weighted by Crippen LogP contribution is 2.35. The maximum Gasteiger partial charge on any atom is 0.255 e. The Morgan fingerprint density at radius 3 is 2.57 bits per heavy atom. The standard InChI is InChI=1S/C16H14ClN3O3/c17-9-3-6-12-11(7-9)13(14(21)16(23)20-12)19-10-4-1-8(2-5-10)15(18)22/h1-7,13-14,19,21H,(H2,18,22)(H,20,23)/t13-,14+/m0/s1. The van der Waals surface area contributed by atoms with Crippen molar-refractivity contribution in [1.82, 2.24) is 0 Å². The molecular weight excluding hydrogens is 318 g/mol. The summed E-state index contributed by atoms with van der Waals surface area (Å²) in [6.07, 6.45) is -1.27. The van der Waals surface area contributed by atoms with Crippen LogP contribution in [0.15, 0.2) is 42.5 Å². The van der Waals surface area contributed by atoms with Crippen LogP contribution in [0, 0.1) is 0 Å². The highest BCUT2D eigenvalue weighted by molar-refractivity contribution is 6.30. The van der Waals surface area contributed by atoms with Gasteiger partial charge in [0, 0.05) is 27.5 Å². The topological polar surface area (TPSA) is 104 Å². The summed E-state index contributed by atoms with van der Waals surface area (Å²) in [6.45, 7) is 0. The summed E-state index contributed by atoms with van der Waals surface area (Å²) in [5.41, 5.74) is 7.49. The van der Waals surface area contributed by atoms with Crippen LogP contribution in [0.3, 0.4) is 0 Å². The van der Waals surface area contributed by atoms with Crippen molar-refractivity contribution in [2.75, 3.05) is 10.6 Å². The summed E-state index contributed by atoms with van der Waals surface area (Å²) in [5, 5.41) is 16.4.